The molecule has 0 amide bonds. The lowest BCUT2D eigenvalue weighted by atomic mass is 10.1. The number of pyridine rings is 1. The SMILES string of the molecule is COCc1cc(C#N)c(NN)nc1C. The van der Waals surface area contributed by atoms with Crippen LogP contribution in [0.3, 0.4) is 0 Å². The first-order chi connectivity index (χ1) is 6.72. The van der Waals surface area contributed by atoms with Gasteiger partial charge in [0.1, 0.15) is 6.07 Å². The highest BCUT2D eigenvalue weighted by atomic mass is 16.5. The Balaban J connectivity index is 3.18. The molecule has 1 aromatic rings. The van der Waals surface area contributed by atoms with E-state index in [-0.39, 0.29) is 0 Å². The Hall–Kier alpha value is -1.64. The number of hydrazine groups is 1. The minimum atomic E-state index is 0.393. The predicted molar refractivity (Wildman–Crippen MR) is 52.2 cm³/mol. The third kappa shape index (κ3) is 1.99. The van der Waals surface area contributed by atoms with Crippen LogP contribution in [0.2, 0.25) is 0 Å². The van der Waals surface area contributed by atoms with Gasteiger partial charge in [-0.05, 0) is 13.0 Å². The molecule has 1 heterocycles. The summed E-state index contributed by atoms with van der Waals surface area (Å²) in [6, 6.07) is 3.74. The summed E-state index contributed by atoms with van der Waals surface area (Å²) in [5.74, 6) is 5.62. The van der Waals surface area contributed by atoms with Crippen molar-refractivity contribution in [2.24, 2.45) is 5.84 Å². The average Bonchev–Trinajstić information content (AvgIpc) is 2.20. The highest BCUT2D eigenvalue weighted by Crippen LogP contribution is 2.16. The number of aryl methyl sites for hydroxylation is 1. The van der Waals surface area contributed by atoms with Gasteiger partial charge in [0.2, 0.25) is 0 Å². The molecule has 1 rings (SSSR count). The lowest BCUT2D eigenvalue weighted by Gasteiger charge is -2.08. The maximum atomic E-state index is 8.81. The van der Waals surface area contributed by atoms with Crippen molar-refractivity contribution in [1.82, 2.24) is 4.98 Å². The molecular weight excluding hydrogens is 180 g/mol. The second kappa shape index (κ2) is 4.56. The maximum Gasteiger partial charge on any atom is 0.158 e. The lowest BCUT2D eigenvalue weighted by molar-refractivity contribution is 0.184. The van der Waals surface area contributed by atoms with Crippen molar-refractivity contribution < 1.29 is 4.74 Å². The fraction of sp³-hybridized carbons (Fsp3) is 0.333. The van der Waals surface area contributed by atoms with Crippen molar-refractivity contribution in [2.45, 2.75) is 13.5 Å². The molecule has 3 N–H and O–H groups in total. The zero-order valence-corrected chi connectivity index (χ0v) is 8.16. The number of methoxy groups -OCH3 is 1. The van der Waals surface area contributed by atoms with Gasteiger partial charge in [0, 0.05) is 18.4 Å². The number of nitrogen functional groups attached to an aromatic ring is 1. The molecule has 0 fully saturated rings. The molecule has 0 spiro atoms. The number of nitrogens with two attached hydrogens (primary N) is 1. The summed E-state index contributed by atoms with van der Waals surface area (Å²) in [6.07, 6.45) is 0. The van der Waals surface area contributed by atoms with Crippen molar-refractivity contribution in [3.8, 4) is 6.07 Å². The number of ether oxygens (including phenoxy) is 1. The van der Waals surface area contributed by atoms with E-state index in [4.69, 9.17) is 15.8 Å². The molecule has 0 saturated carbocycles. The minimum absolute atomic E-state index is 0.393. The molecule has 0 bridgehead atoms. The number of nitrogens with one attached hydrogen (secondary N) is 1. The van der Waals surface area contributed by atoms with Crippen LogP contribution in [0.15, 0.2) is 6.07 Å². The molecule has 0 aliphatic carbocycles. The van der Waals surface area contributed by atoms with Crippen molar-refractivity contribution in [2.75, 3.05) is 12.5 Å². The summed E-state index contributed by atoms with van der Waals surface area (Å²) in [5.41, 5.74) is 4.50. The molecule has 5 nitrogen and oxygen atoms in total. The summed E-state index contributed by atoms with van der Waals surface area (Å²) in [5, 5.41) is 8.81. The Labute approximate surface area is 82.5 Å². The van der Waals surface area contributed by atoms with Crippen LogP contribution in [-0.4, -0.2) is 12.1 Å². The number of hydrogen-bond acceptors (Lipinski definition) is 5. The number of hydrogen-bond donors (Lipinski definition) is 2. The molecule has 5 heteroatoms. The van der Waals surface area contributed by atoms with Crippen LogP contribution in [0.1, 0.15) is 16.8 Å². The van der Waals surface area contributed by atoms with Crippen molar-refractivity contribution >= 4 is 5.82 Å². The summed E-state index contributed by atoms with van der Waals surface area (Å²) >= 11 is 0. The highest BCUT2D eigenvalue weighted by Gasteiger charge is 2.07. The normalized spacial score (nSPS) is 9.57. The first-order valence-electron chi connectivity index (χ1n) is 4.09. The average molecular weight is 192 g/mol. The number of nitrogens with zero attached hydrogens (tertiary/aromatic N) is 2. The predicted octanol–water partition coefficient (Wildman–Crippen LogP) is 0.694. The van der Waals surface area contributed by atoms with Crippen LogP contribution in [0.25, 0.3) is 0 Å². The first-order valence-corrected chi connectivity index (χ1v) is 4.09. The van der Waals surface area contributed by atoms with Crippen molar-refractivity contribution in [3.05, 3.63) is 22.9 Å². The van der Waals surface area contributed by atoms with E-state index in [1.807, 2.05) is 13.0 Å². The number of aromatic nitrogens is 1. The molecule has 0 radical (unpaired) electrons. The Morgan fingerprint density at radius 1 is 1.71 bits per heavy atom. The molecule has 0 aliphatic heterocycles. The van der Waals surface area contributed by atoms with E-state index in [1.165, 1.54) is 0 Å². The second-order valence-corrected chi connectivity index (χ2v) is 2.82. The van der Waals surface area contributed by atoms with Gasteiger partial charge in [0.25, 0.3) is 0 Å². The molecule has 0 aromatic carbocycles. The zero-order valence-electron chi connectivity index (χ0n) is 8.16. The van der Waals surface area contributed by atoms with Gasteiger partial charge in [0.05, 0.1) is 12.2 Å². The van der Waals surface area contributed by atoms with E-state index in [0.29, 0.717) is 18.0 Å². The van der Waals surface area contributed by atoms with Crippen LogP contribution in [-0.2, 0) is 11.3 Å². The van der Waals surface area contributed by atoms with Crippen molar-refractivity contribution in [3.63, 3.8) is 0 Å². The highest BCUT2D eigenvalue weighted by molar-refractivity contribution is 5.53. The monoisotopic (exact) mass is 192 g/mol. The Morgan fingerprint density at radius 2 is 2.43 bits per heavy atom. The third-order valence-corrected chi connectivity index (χ3v) is 1.87. The lowest BCUT2D eigenvalue weighted by Crippen LogP contribution is -2.12. The smallest absolute Gasteiger partial charge is 0.158 e. The van der Waals surface area contributed by atoms with E-state index in [2.05, 4.69) is 10.4 Å². The van der Waals surface area contributed by atoms with Gasteiger partial charge < -0.3 is 10.2 Å². The third-order valence-electron chi connectivity index (χ3n) is 1.87. The molecule has 1 aromatic heterocycles. The largest absolute Gasteiger partial charge is 0.380 e. The summed E-state index contributed by atoms with van der Waals surface area (Å²) in [7, 11) is 1.60. The molecule has 14 heavy (non-hydrogen) atoms. The summed E-state index contributed by atoms with van der Waals surface area (Å²) < 4.78 is 4.98. The van der Waals surface area contributed by atoms with Crippen LogP contribution in [0.4, 0.5) is 5.82 Å². The van der Waals surface area contributed by atoms with Gasteiger partial charge >= 0.3 is 0 Å². The van der Waals surface area contributed by atoms with Gasteiger partial charge in [-0.15, -0.1) is 0 Å². The summed E-state index contributed by atoms with van der Waals surface area (Å²) in [6.45, 7) is 2.29. The van der Waals surface area contributed by atoms with Gasteiger partial charge in [0.15, 0.2) is 5.82 Å². The number of rotatable bonds is 3. The zero-order chi connectivity index (χ0) is 10.6. The first kappa shape index (κ1) is 10.4. The molecule has 0 saturated heterocycles. The van der Waals surface area contributed by atoms with E-state index in [0.717, 1.165) is 11.3 Å². The van der Waals surface area contributed by atoms with Gasteiger partial charge in [-0.2, -0.15) is 5.26 Å². The van der Waals surface area contributed by atoms with E-state index in [1.54, 1.807) is 13.2 Å². The van der Waals surface area contributed by atoms with Gasteiger partial charge in [-0.3, -0.25) is 0 Å². The van der Waals surface area contributed by atoms with Gasteiger partial charge in [-0.1, -0.05) is 0 Å². The molecule has 74 valence electrons. The van der Waals surface area contributed by atoms with Crippen LogP contribution < -0.4 is 11.3 Å². The fourth-order valence-corrected chi connectivity index (χ4v) is 1.14. The van der Waals surface area contributed by atoms with E-state index in [9.17, 15) is 0 Å². The summed E-state index contributed by atoms with van der Waals surface area (Å²) in [4.78, 5) is 4.14. The Kier molecular flexibility index (Phi) is 3.40. The maximum absolute atomic E-state index is 8.81. The minimum Gasteiger partial charge on any atom is -0.380 e. The van der Waals surface area contributed by atoms with Crippen molar-refractivity contribution in [1.29, 1.82) is 5.26 Å². The topological polar surface area (TPSA) is 84.0 Å². The van der Waals surface area contributed by atoms with Crippen LogP contribution in [0, 0.1) is 18.3 Å². The van der Waals surface area contributed by atoms with Gasteiger partial charge in [-0.25, -0.2) is 10.8 Å². The second-order valence-electron chi connectivity index (χ2n) is 2.82. The van der Waals surface area contributed by atoms with Crippen LogP contribution in [0.5, 0.6) is 0 Å². The standard InChI is InChI=1S/C9H12N4O/c1-6-8(5-14-2)3-7(4-10)9(12-6)13-11/h3H,5,11H2,1-2H3,(H,12,13). The number of nitriles is 1. The fourth-order valence-electron chi connectivity index (χ4n) is 1.14. The quantitative estimate of drug-likeness (QED) is 0.543. The molecule has 0 aliphatic rings. The number of anilines is 1. The Bertz CT molecular complexity index is 370. The van der Waals surface area contributed by atoms with E-state index < -0.39 is 0 Å². The molecule has 0 atom stereocenters. The molecule has 0 unspecified atom stereocenters. The van der Waals surface area contributed by atoms with Crippen LogP contribution >= 0.6 is 0 Å². The van der Waals surface area contributed by atoms with E-state index >= 15 is 0 Å². The molecular formula is C9H12N4O. The Morgan fingerprint density at radius 3 is 2.93 bits per heavy atom.